The molecule has 3 aromatic rings. The molecule has 0 spiro atoms. The van der Waals surface area contributed by atoms with Crippen LogP contribution in [0, 0.1) is 0 Å². The number of nitrogens with zero attached hydrogens (tertiary/aromatic N) is 2. The number of nitrogens with one attached hydrogen (secondary N) is 1. The molecule has 1 N–H and O–H groups in total. The summed E-state index contributed by atoms with van der Waals surface area (Å²) in [5.74, 6) is 0.113. The summed E-state index contributed by atoms with van der Waals surface area (Å²) >= 11 is 15.4. The second-order valence-electron chi connectivity index (χ2n) is 7.70. The highest BCUT2D eigenvalue weighted by atomic mass is 79.9. The SMILES string of the molecule is COc1cc(/C=C2\C(=O)N(c3ccccc3)N=C2C)cc(Br)c1OCC(=O)Nc1ccc(Cl)c(Cl)c1. The lowest BCUT2D eigenvalue weighted by molar-refractivity contribution is -0.118. The third-order valence-electron chi connectivity index (χ3n) is 5.18. The van der Waals surface area contributed by atoms with E-state index in [9.17, 15) is 9.59 Å². The first-order chi connectivity index (χ1) is 17.3. The lowest BCUT2D eigenvalue weighted by Gasteiger charge is -2.14. The molecule has 184 valence electrons. The summed E-state index contributed by atoms with van der Waals surface area (Å²) < 4.78 is 11.8. The average Bonchev–Trinajstić information content (AvgIpc) is 3.14. The number of hydrazone groups is 1. The minimum atomic E-state index is -0.391. The Morgan fingerprint density at radius 1 is 1.11 bits per heavy atom. The first-order valence-corrected chi connectivity index (χ1v) is 12.2. The second kappa shape index (κ2) is 11.2. The highest BCUT2D eigenvalue weighted by Gasteiger charge is 2.28. The van der Waals surface area contributed by atoms with Crippen LogP contribution in [-0.2, 0) is 9.59 Å². The van der Waals surface area contributed by atoms with Gasteiger partial charge in [0.25, 0.3) is 11.8 Å². The fourth-order valence-corrected chi connectivity index (χ4v) is 4.34. The van der Waals surface area contributed by atoms with Crippen LogP contribution in [0.15, 0.2) is 75.8 Å². The molecular formula is C26H20BrCl2N3O4. The Labute approximate surface area is 226 Å². The number of rotatable bonds is 7. The maximum atomic E-state index is 13.0. The van der Waals surface area contributed by atoms with Crippen LogP contribution in [0.2, 0.25) is 10.0 Å². The van der Waals surface area contributed by atoms with Crippen molar-refractivity contribution < 1.29 is 19.1 Å². The van der Waals surface area contributed by atoms with Crippen molar-refractivity contribution in [2.45, 2.75) is 6.92 Å². The number of hydrogen-bond acceptors (Lipinski definition) is 5. The summed E-state index contributed by atoms with van der Waals surface area (Å²) in [6.07, 6.45) is 1.73. The molecule has 0 aliphatic carbocycles. The Kier molecular flexibility index (Phi) is 7.98. The molecule has 0 atom stereocenters. The number of ether oxygens (including phenoxy) is 2. The first kappa shape index (κ1) is 25.8. The van der Waals surface area contributed by atoms with Gasteiger partial charge in [-0.15, -0.1) is 0 Å². The van der Waals surface area contributed by atoms with Crippen molar-refractivity contribution in [1.82, 2.24) is 0 Å². The van der Waals surface area contributed by atoms with E-state index in [0.717, 1.165) is 0 Å². The molecule has 1 heterocycles. The lowest BCUT2D eigenvalue weighted by Crippen LogP contribution is -2.21. The number of para-hydroxylation sites is 1. The molecule has 0 bridgehead atoms. The van der Waals surface area contributed by atoms with Gasteiger partial charge < -0.3 is 14.8 Å². The first-order valence-electron chi connectivity index (χ1n) is 10.7. The van der Waals surface area contributed by atoms with Crippen LogP contribution >= 0.6 is 39.1 Å². The van der Waals surface area contributed by atoms with Crippen molar-refractivity contribution in [3.05, 3.63) is 86.3 Å². The Morgan fingerprint density at radius 3 is 2.56 bits per heavy atom. The van der Waals surface area contributed by atoms with Gasteiger partial charge in [0, 0.05) is 5.69 Å². The van der Waals surface area contributed by atoms with Crippen LogP contribution in [0.5, 0.6) is 11.5 Å². The van der Waals surface area contributed by atoms with Gasteiger partial charge in [0.15, 0.2) is 18.1 Å². The molecule has 7 nitrogen and oxygen atoms in total. The van der Waals surface area contributed by atoms with Crippen LogP contribution in [0.4, 0.5) is 11.4 Å². The third kappa shape index (κ3) is 5.73. The van der Waals surface area contributed by atoms with E-state index in [1.165, 1.54) is 12.1 Å². The quantitative estimate of drug-likeness (QED) is 0.316. The number of carbonyl (C=O) groups excluding carboxylic acids is 2. The molecule has 36 heavy (non-hydrogen) atoms. The Hall–Kier alpha value is -3.33. The van der Waals surface area contributed by atoms with Gasteiger partial charge in [-0.25, -0.2) is 0 Å². The Morgan fingerprint density at radius 2 is 1.86 bits per heavy atom. The van der Waals surface area contributed by atoms with E-state index < -0.39 is 5.91 Å². The molecule has 0 unspecified atom stereocenters. The maximum absolute atomic E-state index is 13.0. The molecule has 0 saturated heterocycles. The normalized spacial score (nSPS) is 14.1. The molecule has 0 aromatic heterocycles. The van der Waals surface area contributed by atoms with Crippen LogP contribution in [-0.4, -0.2) is 31.2 Å². The van der Waals surface area contributed by atoms with Crippen molar-refractivity contribution in [2.75, 3.05) is 24.0 Å². The van der Waals surface area contributed by atoms with Crippen molar-refractivity contribution in [3.63, 3.8) is 0 Å². The molecule has 1 aliphatic rings. The summed E-state index contributed by atoms with van der Waals surface area (Å²) in [5, 5.41) is 9.19. The van der Waals surface area contributed by atoms with E-state index in [0.29, 0.717) is 54.2 Å². The molecule has 3 aromatic carbocycles. The topological polar surface area (TPSA) is 80.2 Å². The van der Waals surface area contributed by atoms with Gasteiger partial charge >= 0.3 is 0 Å². The standard InChI is InChI=1S/C26H20BrCl2N3O4/c1-15-19(26(34)32(31-15)18-6-4-3-5-7-18)10-16-11-20(27)25(23(12-16)35-2)36-14-24(33)30-17-8-9-21(28)22(29)13-17/h3-13H,14H2,1-2H3,(H,30,33)/b19-10-. The largest absolute Gasteiger partial charge is 0.493 e. The van der Waals surface area contributed by atoms with Crippen LogP contribution in [0.25, 0.3) is 6.08 Å². The van der Waals surface area contributed by atoms with Gasteiger partial charge in [0.05, 0.1) is 38.6 Å². The minimum absolute atomic E-state index is 0.229. The van der Waals surface area contributed by atoms with Gasteiger partial charge in [0.2, 0.25) is 0 Å². The van der Waals surface area contributed by atoms with E-state index in [4.69, 9.17) is 32.7 Å². The third-order valence-corrected chi connectivity index (χ3v) is 6.51. The number of halogens is 3. The summed E-state index contributed by atoms with van der Waals surface area (Å²) in [6.45, 7) is 1.51. The predicted molar refractivity (Wildman–Crippen MR) is 146 cm³/mol. The number of amides is 2. The summed E-state index contributed by atoms with van der Waals surface area (Å²) in [6, 6.07) is 17.5. The van der Waals surface area contributed by atoms with E-state index in [-0.39, 0.29) is 12.5 Å². The van der Waals surface area contributed by atoms with E-state index in [1.807, 2.05) is 30.3 Å². The van der Waals surface area contributed by atoms with Crippen molar-refractivity contribution in [2.24, 2.45) is 5.10 Å². The zero-order valence-electron chi connectivity index (χ0n) is 19.2. The van der Waals surface area contributed by atoms with Crippen LogP contribution in [0.3, 0.4) is 0 Å². The lowest BCUT2D eigenvalue weighted by atomic mass is 10.1. The molecule has 4 rings (SSSR count). The summed E-state index contributed by atoms with van der Waals surface area (Å²) in [7, 11) is 1.49. The van der Waals surface area contributed by atoms with Gasteiger partial charge in [-0.2, -0.15) is 10.1 Å². The van der Waals surface area contributed by atoms with E-state index in [1.54, 1.807) is 43.3 Å². The van der Waals surface area contributed by atoms with E-state index in [2.05, 4.69) is 26.3 Å². The number of hydrogen-bond donors (Lipinski definition) is 1. The second-order valence-corrected chi connectivity index (χ2v) is 9.36. The smallest absolute Gasteiger partial charge is 0.280 e. The molecule has 2 amide bonds. The fraction of sp³-hybridized carbons (Fsp3) is 0.115. The van der Waals surface area contributed by atoms with Crippen LogP contribution < -0.4 is 19.8 Å². The summed E-state index contributed by atoms with van der Waals surface area (Å²) in [4.78, 5) is 25.4. The van der Waals surface area contributed by atoms with Gasteiger partial charge in [0.1, 0.15) is 0 Å². The number of methoxy groups -OCH3 is 1. The number of anilines is 2. The van der Waals surface area contributed by atoms with E-state index >= 15 is 0 Å². The van der Waals surface area contributed by atoms with Gasteiger partial charge in [-0.1, -0.05) is 41.4 Å². The average molecular weight is 589 g/mol. The highest BCUT2D eigenvalue weighted by molar-refractivity contribution is 9.10. The van der Waals surface area contributed by atoms with Crippen molar-refractivity contribution >= 4 is 74.1 Å². The number of carbonyl (C=O) groups is 2. The van der Waals surface area contributed by atoms with Gasteiger partial charge in [-0.05, 0) is 77.0 Å². The zero-order chi connectivity index (χ0) is 25.8. The van der Waals surface area contributed by atoms with Gasteiger partial charge in [-0.3, -0.25) is 9.59 Å². The number of benzene rings is 3. The molecule has 0 saturated carbocycles. The molecule has 0 radical (unpaired) electrons. The van der Waals surface area contributed by atoms with Crippen molar-refractivity contribution in [1.29, 1.82) is 0 Å². The molecular weight excluding hydrogens is 569 g/mol. The highest BCUT2D eigenvalue weighted by Crippen LogP contribution is 2.38. The maximum Gasteiger partial charge on any atom is 0.280 e. The monoisotopic (exact) mass is 587 g/mol. The minimum Gasteiger partial charge on any atom is -0.493 e. The fourth-order valence-electron chi connectivity index (χ4n) is 3.47. The Balaban J connectivity index is 1.50. The van der Waals surface area contributed by atoms with Crippen LogP contribution in [0.1, 0.15) is 12.5 Å². The molecule has 0 fully saturated rings. The Bertz CT molecular complexity index is 1390. The molecule has 1 aliphatic heterocycles. The molecule has 10 heteroatoms. The summed E-state index contributed by atoms with van der Waals surface area (Å²) in [5.41, 5.74) is 2.93. The van der Waals surface area contributed by atoms with Crippen molar-refractivity contribution in [3.8, 4) is 11.5 Å². The zero-order valence-corrected chi connectivity index (χ0v) is 22.3. The predicted octanol–water partition coefficient (Wildman–Crippen LogP) is 6.59.